The average Bonchev–Trinajstić information content (AvgIpc) is 2.96. The Labute approximate surface area is 147 Å². The molecule has 0 radical (unpaired) electrons. The number of rotatable bonds is 6. The smallest absolute Gasteiger partial charge is 0.241 e. The molecule has 3 rings (SSSR count). The van der Waals surface area contributed by atoms with Crippen LogP contribution in [0.1, 0.15) is 31.7 Å². The van der Waals surface area contributed by atoms with Crippen LogP contribution < -0.4 is 11.1 Å². The number of oxazole rings is 1. The monoisotopic (exact) mass is 337 g/mol. The number of hydrogen-bond acceptors (Lipinski definition) is 4. The van der Waals surface area contributed by atoms with Crippen molar-refractivity contribution < 1.29 is 9.21 Å². The third-order valence-electron chi connectivity index (χ3n) is 3.96. The second-order valence-corrected chi connectivity index (χ2v) is 6.68. The van der Waals surface area contributed by atoms with Gasteiger partial charge < -0.3 is 15.5 Å². The number of carbonyl (C=O) groups excluding carboxylic acids is 1. The van der Waals surface area contributed by atoms with Crippen LogP contribution in [-0.4, -0.2) is 16.9 Å². The molecule has 0 unspecified atom stereocenters. The Morgan fingerprint density at radius 1 is 1.20 bits per heavy atom. The second-order valence-electron chi connectivity index (χ2n) is 6.68. The Morgan fingerprint density at radius 3 is 2.68 bits per heavy atom. The summed E-state index contributed by atoms with van der Waals surface area (Å²) in [4.78, 5) is 16.6. The zero-order valence-corrected chi connectivity index (χ0v) is 14.5. The van der Waals surface area contributed by atoms with E-state index in [4.69, 9.17) is 10.2 Å². The molecule has 0 fully saturated rings. The fourth-order valence-corrected chi connectivity index (χ4v) is 2.75. The molecule has 130 valence electrons. The Kier molecular flexibility index (Phi) is 5.14. The Hall–Kier alpha value is -2.66. The molecular weight excluding hydrogens is 314 g/mol. The zero-order valence-electron chi connectivity index (χ0n) is 14.5. The van der Waals surface area contributed by atoms with Crippen molar-refractivity contribution in [2.75, 3.05) is 5.32 Å². The van der Waals surface area contributed by atoms with Gasteiger partial charge in [0, 0.05) is 18.2 Å². The lowest BCUT2D eigenvalue weighted by molar-refractivity contribution is -0.117. The topological polar surface area (TPSA) is 81.2 Å². The number of hydrogen-bond donors (Lipinski definition) is 2. The lowest BCUT2D eigenvalue weighted by atomic mass is 10.0. The summed E-state index contributed by atoms with van der Waals surface area (Å²) >= 11 is 0. The van der Waals surface area contributed by atoms with Crippen molar-refractivity contribution in [1.82, 2.24) is 4.98 Å². The number of carbonyl (C=O) groups is 1. The van der Waals surface area contributed by atoms with Gasteiger partial charge in [-0.3, -0.25) is 4.79 Å². The number of aromatic nitrogens is 1. The molecule has 1 heterocycles. The van der Waals surface area contributed by atoms with Crippen molar-refractivity contribution in [3.05, 3.63) is 60.0 Å². The largest absolute Gasteiger partial charge is 0.440 e. The summed E-state index contributed by atoms with van der Waals surface area (Å²) in [5, 5.41) is 2.85. The quantitative estimate of drug-likeness (QED) is 0.718. The van der Waals surface area contributed by atoms with Crippen LogP contribution in [0.5, 0.6) is 0 Å². The molecule has 1 amide bonds. The molecule has 5 heteroatoms. The minimum Gasteiger partial charge on any atom is -0.440 e. The summed E-state index contributed by atoms with van der Waals surface area (Å²) < 4.78 is 5.83. The van der Waals surface area contributed by atoms with Crippen LogP contribution in [0, 0.1) is 5.92 Å². The minimum absolute atomic E-state index is 0.183. The van der Waals surface area contributed by atoms with Crippen LogP contribution in [0.2, 0.25) is 0 Å². The first kappa shape index (κ1) is 17.2. The summed E-state index contributed by atoms with van der Waals surface area (Å²) in [5.41, 5.74) is 9.16. The highest BCUT2D eigenvalue weighted by molar-refractivity contribution is 5.96. The van der Waals surface area contributed by atoms with Gasteiger partial charge in [-0.1, -0.05) is 44.2 Å². The number of amides is 1. The highest BCUT2D eigenvalue weighted by Crippen LogP contribution is 2.22. The predicted octanol–water partition coefficient (Wildman–Crippen LogP) is 3.73. The molecule has 0 aliphatic heterocycles. The third-order valence-corrected chi connectivity index (χ3v) is 3.96. The van der Waals surface area contributed by atoms with Gasteiger partial charge in [0.05, 0.1) is 6.04 Å². The first-order valence-electron chi connectivity index (χ1n) is 8.51. The minimum atomic E-state index is -0.515. The van der Waals surface area contributed by atoms with Crippen LogP contribution in [0.4, 0.5) is 5.69 Å². The lowest BCUT2D eigenvalue weighted by Gasteiger charge is -2.13. The van der Waals surface area contributed by atoms with Gasteiger partial charge in [0.2, 0.25) is 5.91 Å². The molecule has 0 bridgehead atoms. The number of benzene rings is 2. The number of nitrogens with two attached hydrogens (primary N) is 1. The molecule has 0 spiro atoms. The predicted molar refractivity (Wildman–Crippen MR) is 99.3 cm³/mol. The van der Waals surface area contributed by atoms with Crippen molar-refractivity contribution >= 4 is 22.7 Å². The van der Waals surface area contributed by atoms with Crippen LogP contribution in [0.25, 0.3) is 11.1 Å². The Bertz CT molecular complexity index is 856. The van der Waals surface area contributed by atoms with Gasteiger partial charge >= 0.3 is 0 Å². The Balaban J connectivity index is 1.73. The van der Waals surface area contributed by atoms with Gasteiger partial charge in [-0.05, 0) is 30.0 Å². The first-order chi connectivity index (χ1) is 12.0. The molecule has 0 saturated carbocycles. The van der Waals surface area contributed by atoms with E-state index in [1.54, 1.807) is 6.07 Å². The maximum Gasteiger partial charge on any atom is 0.241 e. The number of fused-ring (bicyclic) bond motifs is 1. The van der Waals surface area contributed by atoms with Crippen LogP contribution in [0.3, 0.4) is 0 Å². The molecule has 0 aliphatic carbocycles. The standard InChI is InChI=1S/C20H23N3O2/c1-13(2)10-16(21)20(24)22-15-8-9-17-18(12-15)25-19(23-17)11-14-6-4-3-5-7-14/h3-9,12-13,16H,10-11,21H2,1-2H3,(H,22,24)/t16-/m0/s1. The summed E-state index contributed by atoms with van der Waals surface area (Å²) in [6.07, 6.45) is 1.29. The molecule has 3 N–H and O–H groups in total. The van der Waals surface area contributed by atoms with Crippen molar-refractivity contribution in [1.29, 1.82) is 0 Å². The fraction of sp³-hybridized carbons (Fsp3) is 0.300. The van der Waals surface area contributed by atoms with E-state index in [2.05, 4.69) is 10.3 Å². The van der Waals surface area contributed by atoms with Gasteiger partial charge in [-0.15, -0.1) is 0 Å². The van der Waals surface area contributed by atoms with Crippen molar-refractivity contribution in [3.63, 3.8) is 0 Å². The molecule has 1 atom stereocenters. The third kappa shape index (κ3) is 4.45. The van der Waals surface area contributed by atoms with Crippen molar-refractivity contribution in [2.45, 2.75) is 32.7 Å². The normalized spacial score (nSPS) is 12.5. The van der Waals surface area contributed by atoms with Gasteiger partial charge in [0.1, 0.15) is 5.52 Å². The molecular formula is C20H23N3O2. The number of nitrogens with zero attached hydrogens (tertiary/aromatic N) is 1. The summed E-state index contributed by atoms with van der Waals surface area (Å²) in [6.45, 7) is 4.09. The zero-order chi connectivity index (χ0) is 17.8. The number of anilines is 1. The maximum atomic E-state index is 12.1. The van der Waals surface area contributed by atoms with E-state index in [-0.39, 0.29) is 5.91 Å². The van der Waals surface area contributed by atoms with E-state index >= 15 is 0 Å². The van der Waals surface area contributed by atoms with Gasteiger partial charge in [-0.2, -0.15) is 0 Å². The van der Waals surface area contributed by atoms with E-state index < -0.39 is 6.04 Å². The highest BCUT2D eigenvalue weighted by Gasteiger charge is 2.16. The molecule has 0 aliphatic rings. The molecule has 0 saturated heterocycles. The van der Waals surface area contributed by atoms with Crippen LogP contribution in [-0.2, 0) is 11.2 Å². The van der Waals surface area contributed by atoms with Crippen molar-refractivity contribution in [3.8, 4) is 0 Å². The summed E-state index contributed by atoms with van der Waals surface area (Å²) in [7, 11) is 0. The summed E-state index contributed by atoms with van der Waals surface area (Å²) in [5.74, 6) is 0.844. The first-order valence-corrected chi connectivity index (χ1v) is 8.51. The maximum absolute atomic E-state index is 12.1. The van der Waals surface area contributed by atoms with E-state index in [0.717, 1.165) is 11.1 Å². The average molecular weight is 337 g/mol. The SMILES string of the molecule is CC(C)C[C@H](N)C(=O)Nc1ccc2nc(Cc3ccccc3)oc2c1. The molecule has 3 aromatic rings. The second kappa shape index (κ2) is 7.49. The van der Waals surface area contributed by atoms with E-state index in [1.807, 2.05) is 56.3 Å². The molecule has 2 aromatic carbocycles. The fourth-order valence-electron chi connectivity index (χ4n) is 2.75. The van der Waals surface area contributed by atoms with Crippen molar-refractivity contribution in [2.24, 2.45) is 11.7 Å². The van der Waals surface area contributed by atoms with Gasteiger partial charge in [-0.25, -0.2) is 4.98 Å². The molecule has 25 heavy (non-hydrogen) atoms. The van der Waals surface area contributed by atoms with E-state index in [9.17, 15) is 4.79 Å². The van der Waals surface area contributed by atoms with Gasteiger partial charge in [0.15, 0.2) is 11.5 Å². The van der Waals surface area contributed by atoms with E-state index in [0.29, 0.717) is 35.9 Å². The highest BCUT2D eigenvalue weighted by atomic mass is 16.3. The van der Waals surface area contributed by atoms with Crippen LogP contribution >= 0.6 is 0 Å². The van der Waals surface area contributed by atoms with E-state index in [1.165, 1.54) is 0 Å². The Morgan fingerprint density at radius 2 is 1.96 bits per heavy atom. The lowest BCUT2D eigenvalue weighted by Crippen LogP contribution is -2.36. The molecule has 5 nitrogen and oxygen atoms in total. The van der Waals surface area contributed by atoms with Gasteiger partial charge in [0.25, 0.3) is 0 Å². The molecule has 1 aromatic heterocycles. The summed E-state index contributed by atoms with van der Waals surface area (Å²) in [6, 6.07) is 15.0. The van der Waals surface area contributed by atoms with Crippen LogP contribution in [0.15, 0.2) is 52.9 Å². The number of nitrogens with one attached hydrogen (secondary N) is 1.